The van der Waals surface area contributed by atoms with E-state index >= 15 is 0 Å². The van der Waals surface area contributed by atoms with Crippen molar-refractivity contribution in [2.24, 2.45) is 10.7 Å². The molecule has 1 atom stereocenters. The lowest BCUT2D eigenvalue weighted by Crippen LogP contribution is -2.36. The molecule has 0 aliphatic carbocycles. The molecule has 3 heterocycles. The number of methoxy groups -OCH3 is 1. The molecular weight excluding hydrogens is 325 g/mol. The molecule has 130 valence electrons. The smallest absolute Gasteiger partial charge is 0.218 e. The van der Waals surface area contributed by atoms with Crippen LogP contribution in [-0.2, 0) is 6.42 Å². The lowest BCUT2D eigenvalue weighted by Gasteiger charge is -2.35. The minimum absolute atomic E-state index is 0.0855. The molecular formula is C16H18FN7O. The minimum Gasteiger partial charge on any atom is -0.496 e. The SMILES string of the molecule is COc1cc(F)nc(N2CCc3nc(C(N)=NC=N)ncc3C2C)c1. The third-order valence-corrected chi connectivity index (χ3v) is 4.12. The number of amidine groups is 1. The molecule has 0 saturated carbocycles. The molecule has 1 unspecified atom stereocenters. The first kappa shape index (κ1) is 16.7. The van der Waals surface area contributed by atoms with Gasteiger partial charge in [0, 0.05) is 36.9 Å². The Morgan fingerprint density at radius 2 is 2.28 bits per heavy atom. The Bertz CT molecular complexity index is 839. The standard InChI is InChI=1S/C16H18FN7O/c1-9-11-7-20-16(15(19)21-8-18)22-12(11)3-4-24(9)14-6-10(25-2)5-13(17)23-14/h5-9H,3-4H2,1-2H3,(H3,18,19,21). The molecule has 0 fully saturated rings. The topological polar surface area (TPSA) is 113 Å². The van der Waals surface area contributed by atoms with Crippen molar-refractivity contribution >= 4 is 18.0 Å². The second-order valence-electron chi connectivity index (χ2n) is 5.55. The number of rotatable bonds is 4. The fraction of sp³-hybridized carbons (Fsp3) is 0.312. The van der Waals surface area contributed by atoms with E-state index in [9.17, 15) is 4.39 Å². The van der Waals surface area contributed by atoms with E-state index in [4.69, 9.17) is 15.9 Å². The third-order valence-electron chi connectivity index (χ3n) is 4.12. The van der Waals surface area contributed by atoms with Crippen molar-refractivity contribution in [1.82, 2.24) is 15.0 Å². The molecule has 0 amide bonds. The molecule has 9 heteroatoms. The molecule has 3 N–H and O–H groups in total. The molecule has 25 heavy (non-hydrogen) atoms. The van der Waals surface area contributed by atoms with Gasteiger partial charge in [0.05, 0.1) is 18.8 Å². The zero-order valence-corrected chi connectivity index (χ0v) is 13.9. The summed E-state index contributed by atoms with van der Waals surface area (Å²) in [5, 5.41) is 6.97. The lowest BCUT2D eigenvalue weighted by molar-refractivity contribution is 0.408. The van der Waals surface area contributed by atoms with Crippen LogP contribution in [0.5, 0.6) is 5.75 Å². The summed E-state index contributed by atoms with van der Waals surface area (Å²) in [6.07, 6.45) is 3.18. The van der Waals surface area contributed by atoms with Gasteiger partial charge in [-0.2, -0.15) is 4.39 Å². The molecule has 0 radical (unpaired) electrons. The number of halogens is 1. The van der Waals surface area contributed by atoms with Gasteiger partial charge < -0.3 is 15.4 Å². The van der Waals surface area contributed by atoms with E-state index in [0.29, 0.717) is 30.4 Å². The highest BCUT2D eigenvalue weighted by Gasteiger charge is 2.27. The van der Waals surface area contributed by atoms with Crippen molar-refractivity contribution in [3.8, 4) is 5.75 Å². The number of nitrogens with zero attached hydrogens (tertiary/aromatic N) is 5. The molecule has 2 aromatic rings. The van der Waals surface area contributed by atoms with Gasteiger partial charge in [0.2, 0.25) is 5.95 Å². The average molecular weight is 343 g/mol. The first-order chi connectivity index (χ1) is 12.0. The highest BCUT2D eigenvalue weighted by Crippen LogP contribution is 2.32. The lowest BCUT2D eigenvalue weighted by atomic mass is 9.99. The molecule has 0 saturated heterocycles. The van der Waals surface area contributed by atoms with E-state index in [1.807, 2.05) is 11.8 Å². The first-order valence-electron chi connectivity index (χ1n) is 7.70. The van der Waals surface area contributed by atoms with Crippen LogP contribution in [0.3, 0.4) is 0 Å². The maximum absolute atomic E-state index is 13.7. The van der Waals surface area contributed by atoms with Gasteiger partial charge in [-0.1, -0.05) is 0 Å². The normalized spacial score (nSPS) is 17.2. The van der Waals surface area contributed by atoms with E-state index in [2.05, 4.69) is 19.9 Å². The first-order valence-corrected chi connectivity index (χ1v) is 7.70. The molecule has 1 aliphatic rings. The van der Waals surface area contributed by atoms with E-state index in [1.165, 1.54) is 13.2 Å². The number of hydrogen-bond donors (Lipinski definition) is 2. The summed E-state index contributed by atoms with van der Waals surface area (Å²) < 4.78 is 18.8. The van der Waals surface area contributed by atoms with Gasteiger partial charge in [0.15, 0.2) is 11.7 Å². The Hall–Kier alpha value is -3.10. The molecule has 3 rings (SSSR count). The highest BCUT2D eigenvalue weighted by atomic mass is 19.1. The van der Waals surface area contributed by atoms with Crippen molar-refractivity contribution in [3.63, 3.8) is 0 Å². The van der Waals surface area contributed by atoms with Crippen LogP contribution in [0.25, 0.3) is 0 Å². The van der Waals surface area contributed by atoms with Crippen molar-refractivity contribution in [3.05, 3.63) is 41.4 Å². The van der Waals surface area contributed by atoms with Gasteiger partial charge in [-0.05, 0) is 6.92 Å². The Morgan fingerprint density at radius 1 is 1.48 bits per heavy atom. The highest BCUT2D eigenvalue weighted by molar-refractivity contribution is 5.97. The van der Waals surface area contributed by atoms with Crippen LogP contribution in [0, 0.1) is 11.4 Å². The quantitative estimate of drug-likeness (QED) is 0.493. The molecule has 0 bridgehead atoms. The molecule has 0 spiro atoms. The monoisotopic (exact) mass is 343 g/mol. The van der Waals surface area contributed by atoms with E-state index in [0.717, 1.165) is 17.6 Å². The number of hydrogen-bond acceptors (Lipinski definition) is 6. The largest absolute Gasteiger partial charge is 0.496 e. The van der Waals surface area contributed by atoms with Crippen LogP contribution < -0.4 is 15.4 Å². The van der Waals surface area contributed by atoms with Gasteiger partial charge in [-0.25, -0.2) is 19.9 Å². The van der Waals surface area contributed by atoms with Crippen LogP contribution in [0.2, 0.25) is 0 Å². The number of fused-ring (bicyclic) bond motifs is 1. The Labute approximate surface area is 144 Å². The second-order valence-corrected chi connectivity index (χ2v) is 5.55. The van der Waals surface area contributed by atoms with Crippen molar-refractivity contribution in [2.45, 2.75) is 19.4 Å². The summed E-state index contributed by atoms with van der Waals surface area (Å²) in [7, 11) is 1.49. The van der Waals surface area contributed by atoms with Crippen molar-refractivity contribution in [2.75, 3.05) is 18.6 Å². The maximum Gasteiger partial charge on any atom is 0.218 e. The van der Waals surface area contributed by atoms with E-state index in [1.54, 1.807) is 12.3 Å². The van der Waals surface area contributed by atoms with Crippen molar-refractivity contribution < 1.29 is 9.13 Å². The second kappa shape index (κ2) is 6.80. The Balaban J connectivity index is 1.94. The van der Waals surface area contributed by atoms with Gasteiger partial charge in [-0.15, -0.1) is 0 Å². The number of aromatic nitrogens is 3. The molecule has 0 aromatic carbocycles. The fourth-order valence-corrected chi connectivity index (χ4v) is 2.85. The molecule has 1 aliphatic heterocycles. The number of pyridine rings is 1. The Morgan fingerprint density at radius 3 is 3.00 bits per heavy atom. The zero-order chi connectivity index (χ0) is 18.0. The number of aliphatic imine (C=N–C) groups is 1. The number of ether oxygens (including phenoxy) is 1. The van der Waals surface area contributed by atoms with Gasteiger partial charge >= 0.3 is 0 Å². The summed E-state index contributed by atoms with van der Waals surface area (Å²) in [6.45, 7) is 2.60. The molecule has 8 nitrogen and oxygen atoms in total. The zero-order valence-electron chi connectivity index (χ0n) is 13.9. The van der Waals surface area contributed by atoms with Crippen LogP contribution >= 0.6 is 0 Å². The van der Waals surface area contributed by atoms with Crippen LogP contribution in [0.4, 0.5) is 10.2 Å². The summed E-state index contributed by atoms with van der Waals surface area (Å²) in [4.78, 5) is 18.3. The predicted octanol–water partition coefficient (Wildman–Crippen LogP) is 1.46. The maximum atomic E-state index is 13.7. The third kappa shape index (κ3) is 3.25. The van der Waals surface area contributed by atoms with Gasteiger partial charge in [0.1, 0.15) is 17.9 Å². The summed E-state index contributed by atoms with van der Waals surface area (Å²) >= 11 is 0. The number of anilines is 1. The number of nitrogens with two attached hydrogens (primary N) is 1. The minimum atomic E-state index is -0.588. The fourth-order valence-electron chi connectivity index (χ4n) is 2.85. The average Bonchev–Trinajstić information content (AvgIpc) is 2.61. The summed E-state index contributed by atoms with van der Waals surface area (Å²) in [5.41, 5.74) is 7.52. The van der Waals surface area contributed by atoms with E-state index < -0.39 is 5.95 Å². The molecule has 2 aromatic heterocycles. The van der Waals surface area contributed by atoms with Crippen LogP contribution in [0.15, 0.2) is 23.3 Å². The van der Waals surface area contributed by atoms with E-state index in [-0.39, 0.29) is 11.9 Å². The van der Waals surface area contributed by atoms with Crippen LogP contribution in [-0.4, -0.2) is 40.8 Å². The summed E-state index contributed by atoms with van der Waals surface area (Å²) in [5.74, 6) is 0.735. The van der Waals surface area contributed by atoms with Gasteiger partial charge in [0.25, 0.3) is 0 Å². The Kier molecular flexibility index (Phi) is 4.55. The summed E-state index contributed by atoms with van der Waals surface area (Å²) in [6, 6.07) is 2.86. The number of nitrogens with one attached hydrogen (secondary N) is 1. The van der Waals surface area contributed by atoms with Gasteiger partial charge in [-0.3, -0.25) is 5.41 Å². The predicted molar refractivity (Wildman–Crippen MR) is 91.8 cm³/mol. The van der Waals surface area contributed by atoms with Crippen molar-refractivity contribution in [1.29, 1.82) is 5.41 Å². The van der Waals surface area contributed by atoms with Crippen LogP contribution in [0.1, 0.15) is 30.0 Å².